The van der Waals surface area contributed by atoms with Crippen LogP contribution in [0.3, 0.4) is 0 Å². The lowest BCUT2D eigenvalue weighted by Crippen LogP contribution is -2.14. The van der Waals surface area contributed by atoms with Crippen molar-refractivity contribution in [2.24, 2.45) is 4.99 Å². The Morgan fingerprint density at radius 1 is 1.28 bits per heavy atom. The molecule has 0 radical (unpaired) electrons. The minimum Gasteiger partial charge on any atom is -0.423 e. The normalized spacial score (nSPS) is 13.9. The summed E-state index contributed by atoms with van der Waals surface area (Å²) in [5, 5.41) is 3.52. The Balaban J connectivity index is 2.11. The zero-order valence-electron chi connectivity index (χ0n) is 15.0. The van der Waals surface area contributed by atoms with Crippen molar-refractivity contribution in [3.05, 3.63) is 80.5 Å². The lowest BCUT2D eigenvalue weighted by molar-refractivity contribution is 0.593. The predicted molar refractivity (Wildman–Crippen MR) is 114 cm³/mol. The molecule has 2 aromatic carbocycles. The van der Waals surface area contributed by atoms with Crippen molar-refractivity contribution in [2.75, 3.05) is 5.32 Å². The van der Waals surface area contributed by atoms with E-state index >= 15 is 0 Å². The first-order valence-electron chi connectivity index (χ1n) is 8.26. The summed E-state index contributed by atoms with van der Waals surface area (Å²) in [6, 6.07) is 8.03. The van der Waals surface area contributed by atoms with Gasteiger partial charge in [0, 0.05) is 16.1 Å². The van der Waals surface area contributed by atoms with Gasteiger partial charge in [0.15, 0.2) is 5.58 Å². The molecule has 0 unspecified atom stereocenters. The van der Waals surface area contributed by atoms with Crippen molar-refractivity contribution in [1.29, 1.82) is 0 Å². The molecule has 150 valence electrons. The number of fused-ring (bicyclic) bond motifs is 1. The Morgan fingerprint density at radius 3 is 2.69 bits per heavy atom. The van der Waals surface area contributed by atoms with E-state index in [1.54, 1.807) is 18.2 Å². The summed E-state index contributed by atoms with van der Waals surface area (Å²) in [5.74, 6) is -1.42. The van der Waals surface area contributed by atoms with Gasteiger partial charge >= 0.3 is 0 Å². The smallest absolute Gasteiger partial charge is 0.296 e. The third-order valence-corrected chi connectivity index (χ3v) is 4.56. The van der Waals surface area contributed by atoms with Crippen LogP contribution in [0.15, 0.2) is 68.4 Å². The Hall–Kier alpha value is -2.41. The first kappa shape index (κ1) is 21.3. The van der Waals surface area contributed by atoms with Gasteiger partial charge in [0.05, 0.1) is 5.02 Å². The fourth-order valence-electron chi connectivity index (χ4n) is 2.64. The summed E-state index contributed by atoms with van der Waals surface area (Å²) in [6.45, 7) is 4.93. The number of halogens is 5. The van der Waals surface area contributed by atoms with Crippen LogP contribution in [0.25, 0.3) is 11.1 Å². The fourth-order valence-corrected chi connectivity index (χ4v) is 3.01. The molecule has 1 atom stereocenters. The maximum Gasteiger partial charge on any atom is 0.296 e. The average molecular weight is 457 g/mol. The standard InChI is InChI=1S/C20H14Cl3F2N3O/c1-10(21)7-15(25)19(26-2)18(11-3-5-13(23)14(24)8-11)28-20-27-16-6-4-12(22)9-17(16)29-20/h3-9,18H,2H2,1H3,(H,27,28)/b10-7+,19-15+/t18-/m0/s1. The first-order valence-corrected chi connectivity index (χ1v) is 9.39. The van der Waals surface area contributed by atoms with Crippen molar-refractivity contribution in [3.8, 4) is 0 Å². The molecule has 0 spiro atoms. The molecule has 0 fully saturated rings. The number of aromatic nitrogens is 1. The second-order valence-corrected chi connectivity index (χ2v) is 7.44. The highest BCUT2D eigenvalue weighted by Crippen LogP contribution is 2.33. The summed E-state index contributed by atoms with van der Waals surface area (Å²) < 4.78 is 34.5. The van der Waals surface area contributed by atoms with Crippen LogP contribution < -0.4 is 5.32 Å². The molecule has 1 aromatic heterocycles. The molecule has 0 saturated carbocycles. The summed E-state index contributed by atoms with van der Waals surface area (Å²) in [4.78, 5) is 8.07. The first-order chi connectivity index (χ1) is 13.8. The molecule has 0 saturated heterocycles. The largest absolute Gasteiger partial charge is 0.423 e. The number of oxazole rings is 1. The van der Waals surface area contributed by atoms with E-state index in [4.69, 9.17) is 39.2 Å². The Kier molecular flexibility index (Phi) is 6.57. The SMILES string of the molecule is C=N/C(=C(F)\C=C(/C)Cl)[C@@H](Nc1nc2ccc(Cl)cc2o1)c1ccc(Cl)c(F)c1. The Morgan fingerprint density at radius 2 is 2.03 bits per heavy atom. The summed E-state index contributed by atoms with van der Waals surface area (Å²) >= 11 is 17.5. The van der Waals surface area contributed by atoms with Crippen molar-refractivity contribution in [1.82, 2.24) is 4.98 Å². The van der Waals surface area contributed by atoms with Crippen LogP contribution >= 0.6 is 34.8 Å². The number of hydrogen-bond acceptors (Lipinski definition) is 4. The van der Waals surface area contributed by atoms with E-state index in [-0.39, 0.29) is 21.8 Å². The highest BCUT2D eigenvalue weighted by atomic mass is 35.5. The van der Waals surface area contributed by atoms with E-state index in [0.29, 0.717) is 21.7 Å². The van der Waals surface area contributed by atoms with E-state index < -0.39 is 17.7 Å². The Bertz CT molecular complexity index is 1140. The lowest BCUT2D eigenvalue weighted by atomic mass is 10.0. The number of nitrogens with one attached hydrogen (secondary N) is 1. The molecule has 3 rings (SSSR count). The molecule has 29 heavy (non-hydrogen) atoms. The second kappa shape index (κ2) is 8.95. The average Bonchev–Trinajstić information content (AvgIpc) is 3.04. The van der Waals surface area contributed by atoms with Gasteiger partial charge < -0.3 is 9.73 Å². The van der Waals surface area contributed by atoms with Crippen molar-refractivity contribution >= 4 is 58.6 Å². The molecular weight excluding hydrogens is 443 g/mol. The van der Waals surface area contributed by atoms with Crippen LogP contribution in [-0.2, 0) is 0 Å². The second-order valence-electron chi connectivity index (χ2n) is 6.00. The maximum absolute atomic E-state index is 14.8. The molecule has 3 aromatic rings. The number of aliphatic imine (C=N–C) groups is 1. The van der Waals surface area contributed by atoms with Gasteiger partial charge in [-0.05, 0) is 49.5 Å². The van der Waals surface area contributed by atoms with E-state index in [1.165, 1.54) is 19.1 Å². The molecule has 0 aliphatic rings. The summed E-state index contributed by atoms with van der Waals surface area (Å²) in [7, 11) is 0. The van der Waals surface area contributed by atoms with Crippen LogP contribution in [0.5, 0.6) is 0 Å². The van der Waals surface area contributed by atoms with Gasteiger partial charge in [0.2, 0.25) is 0 Å². The highest BCUT2D eigenvalue weighted by molar-refractivity contribution is 6.31. The van der Waals surface area contributed by atoms with Gasteiger partial charge in [-0.1, -0.05) is 40.9 Å². The summed E-state index contributed by atoms with van der Waals surface area (Å²) in [6.07, 6.45) is 1.08. The molecule has 0 amide bonds. The lowest BCUT2D eigenvalue weighted by Gasteiger charge is -2.19. The van der Waals surface area contributed by atoms with Gasteiger partial charge in [-0.3, -0.25) is 4.99 Å². The van der Waals surface area contributed by atoms with Crippen LogP contribution in [0.2, 0.25) is 10.0 Å². The van der Waals surface area contributed by atoms with E-state index in [0.717, 1.165) is 12.1 Å². The zero-order valence-corrected chi connectivity index (χ0v) is 17.3. The highest BCUT2D eigenvalue weighted by Gasteiger charge is 2.23. The van der Waals surface area contributed by atoms with E-state index in [2.05, 4.69) is 22.0 Å². The van der Waals surface area contributed by atoms with Gasteiger partial charge in [0.1, 0.15) is 28.9 Å². The molecule has 0 aliphatic heterocycles. The molecular formula is C20H14Cl3F2N3O. The van der Waals surface area contributed by atoms with E-state index in [9.17, 15) is 8.78 Å². The van der Waals surface area contributed by atoms with Crippen LogP contribution in [0.4, 0.5) is 14.8 Å². The van der Waals surface area contributed by atoms with Gasteiger partial charge in [-0.15, -0.1) is 0 Å². The molecule has 1 N–H and O–H groups in total. The topological polar surface area (TPSA) is 50.4 Å². The predicted octanol–water partition coefficient (Wildman–Crippen LogP) is 7.45. The van der Waals surface area contributed by atoms with Crippen LogP contribution in [0, 0.1) is 5.82 Å². The van der Waals surface area contributed by atoms with Crippen molar-refractivity contribution in [3.63, 3.8) is 0 Å². The number of hydrogen-bond donors (Lipinski definition) is 1. The van der Waals surface area contributed by atoms with Crippen molar-refractivity contribution < 1.29 is 13.2 Å². The van der Waals surface area contributed by atoms with Gasteiger partial charge in [0.25, 0.3) is 6.01 Å². The molecule has 1 heterocycles. The van der Waals surface area contributed by atoms with Crippen LogP contribution in [0.1, 0.15) is 18.5 Å². The number of nitrogens with zero attached hydrogens (tertiary/aromatic N) is 2. The monoisotopic (exact) mass is 455 g/mol. The number of anilines is 1. The van der Waals surface area contributed by atoms with Crippen LogP contribution in [-0.4, -0.2) is 11.7 Å². The van der Waals surface area contributed by atoms with Gasteiger partial charge in [-0.2, -0.15) is 4.98 Å². The van der Waals surface area contributed by atoms with Gasteiger partial charge in [-0.25, -0.2) is 8.78 Å². The summed E-state index contributed by atoms with van der Waals surface area (Å²) in [5.41, 5.74) is 1.15. The quantitative estimate of drug-likeness (QED) is 0.309. The number of allylic oxidation sites excluding steroid dienone is 3. The fraction of sp³-hybridized carbons (Fsp3) is 0.100. The zero-order chi connectivity index (χ0) is 21.1. The molecule has 0 bridgehead atoms. The Labute approximate surface area is 180 Å². The third-order valence-electron chi connectivity index (χ3n) is 3.91. The number of rotatable bonds is 6. The molecule has 0 aliphatic carbocycles. The third kappa shape index (κ3) is 4.96. The maximum atomic E-state index is 14.8. The molecule has 4 nitrogen and oxygen atoms in total. The van der Waals surface area contributed by atoms with E-state index in [1.807, 2.05) is 0 Å². The minimum atomic E-state index is -0.991. The number of benzene rings is 2. The molecule has 9 heteroatoms. The van der Waals surface area contributed by atoms with Crippen molar-refractivity contribution in [2.45, 2.75) is 13.0 Å². The minimum absolute atomic E-state index is 0.0585.